The molecule has 1 aliphatic rings. The highest BCUT2D eigenvalue weighted by atomic mass is 16.5. The van der Waals surface area contributed by atoms with Gasteiger partial charge in [0.05, 0.1) is 30.5 Å². The Bertz CT molecular complexity index is 1440. The summed E-state index contributed by atoms with van der Waals surface area (Å²) < 4.78 is 12.9. The number of nitrogens with zero attached hydrogens (tertiary/aromatic N) is 2. The molecule has 1 N–H and O–H groups in total. The number of ether oxygens (including phenoxy) is 2. The highest BCUT2D eigenvalue weighted by Crippen LogP contribution is 2.42. The van der Waals surface area contributed by atoms with Crippen molar-refractivity contribution in [3.05, 3.63) is 117 Å². The average Bonchev–Trinajstić information content (AvgIpc) is 3.39. The first-order valence-electron chi connectivity index (χ1n) is 12.9. The Morgan fingerprint density at radius 2 is 1.62 bits per heavy atom. The van der Waals surface area contributed by atoms with Crippen LogP contribution in [0.5, 0.6) is 0 Å². The maximum Gasteiger partial charge on any atom is 0.337 e. The van der Waals surface area contributed by atoms with Gasteiger partial charge in [-0.2, -0.15) is 0 Å². The Labute approximate surface area is 229 Å². The Balaban J connectivity index is 1.53. The first-order chi connectivity index (χ1) is 18.7. The molecule has 2 aromatic carbocycles. The maximum atomic E-state index is 13.5. The van der Waals surface area contributed by atoms with Crippen molar-refractivity contribution in [2.45, 2.75) is 47.1 Å². The van der Waals surface area contributed by atoms with Gasteiger partial charge in [-0.1, -0.05) is 48.0 Å². The van der Waals surface area contributed by atoms with E-state index in [9.17, 15) is 9.59 Å². The monoisotopic (exact) mass is 525 g/mol. The molecule has 1 aromatic heterocycles. The number of aryl methyl sites for hydroxylation is 3. The Morgan fingerprint density at radius 3 is 2.21 bits per heavy atom. The number of imidazole rings is 1. The predicted octanol–water partition coefficient (Wildman–Crippen LogP) is 5.52. The molecule has 39 heavy (non-hydrogen) atoms. The van der Waals surface area contributed by atoms with Crippen LogP contribution in [-0.2, 0) is 25.6 Å². The van der Waals surface area contributed by atoms with Crippen molar-refractivity contribution in [3.63, 3.8) is 0 Å². The molecule has 3 aromatic rings. The van der Waals surface area contributed by atoms with Gasteiger partial charge >= 0.3 is 11.9 Å². The van der Waals surface area contributed by atoms with Crippen LogP contribution in [-0.4, -0.2) is 35.2 Å². The summed E-state index contributed by atoms with van der Waals surface area (Å²) in [6, 6.07) is 12.3. The lowest BCUT2D eigenvalue weighted by Gasteiger charge is -2.32. The minimum atomic E-state index is -0.598. The number of carbonyl (C=O) groups excluding carboxylic acids is 2. The van der Waals surface area contributed by atoms with Gasteiger partial charge in [0.25, 0.3) is 0 Å². The van der Waals surface area contributed by atoms with Gasteiger partial charge in [0.2, 0.25) is 0 Å². The molecular formula is C32H35N3O4. The topological polar surface area (TPSA) is 82.5 Å². The van der Waals surface area contributed by atoms with E-state index in [1.54, 1.807) is 12.5 Å². The number of benzene rings is 2. The zero-order valence-electron chi connectivity index (χ0n) is 23.4. The second-order valence-corrected chi connectivity index (χ2v) is 9.92. The molecule has 1 aliphatic heterocycles. The van der Waals surface area contributed by atoms with Crippen LogP contribution < -0.4 is 5.32 Å². The summed E-state index contributed by atoms with van der Waals surface area (Å²) in [5.74, 6) is -1.55. The van der Waals surface area contributed by atoms with E-state index in [1.807, 2.05) is 69.7 Å². The number of hydrogen-bond donors (Lipinski definition) is 1. The molecule has 4 rings (SSSR count). The highest BCUT2D eigenvalue weighted by molar-refractivity contribution is 6.00. The molecule has 1 unspecified atom stereocenters. The molecule has 7 nitrogen and oxygen atoms in total. The van der Waals surface area contributed by atoms with E-state index in [0.29, 0.717) is 22.5 Å². The lowest BCUT2D eigenvalue weighted by molar-refractivity contribution is -0.138. The van der Waals surface area contributed by atoms with Crippen molar-refractivity contribution >= 4 is 18.0 Å². The van der Waals surface area contributed by atoms with Crippen molar-refractivity contribution in [1.82, 2.24) is 14.9 Å². The summed E-state index contributed by atoms with van der Waals surface area (Å²) in [7, 11) is 1.35. The van der Waals surface area contributed by atoms with Gasteiger partial charge < -0.3 is 19.4 Å². The third-order valence-electron chi connectivity index (χ3n) is 6.94. The lowest BCUT2D eigenvalue weighted by Crippen LogP contribution is -2.33. The summed E-state index contributed by atoms with van der Waals surface area (Å²) in [5.41, 5.74) is 8.36. The fourth-order valence-electron chi connectivity index (χ4n) is 5.29. The van der Waals surface area contributed by atoms with Crippen LogP contribution in [0.2, 0.25) is 0 Å². The largest absolute Gasteiger partial charge is 0.466 e. The number of carbonyl (C=O) groups is 2. The summed E-state index contributed by atoms with van der Waals surface area (Å²) in [6.07, 6.45) is 9.22. The van der Waals surface area contributed by atoms with Crippen LogP contribution in [0.3, 0.4) is 0 Å². The van der Waals surface area contributed by atoms with E-state index in [0.717, 1.165) is 34.4 Å². The third kappa shape index (κ3) is 6.20. The first-order valence-corrected chi connectivity index (χ1v) is 12.9. The Hall–Kier alpha value is -4.39. The summed E-state index contributed by atoms with van der Waals surface area (Å²) in [6.45, 7) is 10.6. The SMILES string of the molecule is COC(=O)C1=C(C)NC(C)=C(C(=O)OC/C=C/c2ccc(Cn3ccnc3)cc2)C1c1c(C)cc(C)cc1C. The van der Waals surface area contributed by atoms with Crippen LogP contribution in [0, 0.1) is 20.8 Å². The van der Waals surface area contributed by atoms with E-state index < -0.39 is 17.9 Å². The van der Waals surface area contributed by atoms with E-state index in [2.05, 4.69) is 34.6 Å². The highest BCUT2D eigenvalue weighted by Gasteiger charge is 2.39. The summed E-state index contributed by atoms with van der Waals surface area (Å²) >= 11 is 0. The molecule has 2 heterocycles. The number of rotatable bonds is 8. The minimum absolute atomic E-state index is 0.0984. The summed E-state index contributed by atoms with van der Waals surface area (Å²) in [4.78, 5) is 30.5. The van der Waals surface area contributed by atoms with E-state index in [1.165, 1.54) is 12.7 Å². The molecule has 0 aliphatic carbocycles. The normalized spacial score (nSPS) is 15.5. The standard InChI is InChI=1S/C32H35N3O4/c1-20-16-21(2)27(22(3)17-20)30-28(31(36)38-6)23(4)34-24(5)29(30)32(37)39-15-7-8-25-9-11-26(12-10-25)18-35-14-13-33-19-35/h7-14,16-17,19,30,34H,15,18H2,1-6H3/b8-7+. The van der Waals surface area contributed by atoms with Gasteiger partial charge in [-0.25, -0.2) is 14.6 Å². The molecule has 0 amide bonds. The van der Waals surface area contributed by atoms with Gasteiger partial charge in [-0.05, 0) is 68.5 Å². The number of allylic oxidation sites excluding steroid dienone is 2. The van der Waals surface area contributed by atoms with Crippen LogP contribution in [0.15, 0.2) is 83.7 Å². The molecule has 0 bridgehead atoms. The number of methoxy groups -OCH3 is 1. The van der Waals surface area contributed by atoms with Gasteiger partial charge in [0.15, 0.2) is 0 Å². The lowest BCUT2D eigenvalue weighted by atomic mass is 9.76. The fraction of sp³-hybridized carbons (Fsp3) is 0.281. The van der Waals surface area contributed by atoms with Crippen LogP contribution in [0.25, 0.3) is 6.08 Å². The first kappa shape index (κ1) is 27.6. The average molecular weight is 526 g/mol. The van der Waals surface area contributed by atoms with Gasteiger partial charge in [0.1, 0.15) is 6.61 Å². The number of dihydropyridines is 1. The smallest absolute Gasteiger partial charge is 0.337 e. The van der Waals surface area contributed by atoms with Crippen molar-refractivity contribution in [2.24, 2.45) is 0 Å². The number of hydrogen-bond acceptors (Lipinski definition) is 6. The van der Waals surface area contributed by atoms with Gasteiger partial charge in [0, 0.05) is 30.3 Å². The van der Waals surface area contributed by atoms with Crippen molar-refractivity contribution in [1.29, 1.82) is 0 Å². The van der Waals surface area contributed by atoms with E-state index >= 15 is 0 Å². The second-order valence-electron chi connectivity index (χ2n) is 9.92. The minimum Gasteiger partial charge on any atom is -0.466 e. The molecule has 0 radical (unpaired) electrons. The predicted molar refractivity (Wildman–Crippen MR) is 152 cm³/mol. The molecule has 0 saturated carbocycles. The van der Waals surface area contributed by atoms with Crippen molar-refractivity contribution in [3.8, 4) is 0 Å². The van der Waals surface area contributed by atoms with E-state index in [4.69, 9.17) is 9.47 Å². The molecule has 7 heteroatoms. The number of nitrogens with one attached hydrogen (secondary N) is 1. The molecule has 0 saturated heterocycles. The van der Waals surface area contributed by atoms with Crippen LogP contribution >= 0.6 is 0 Å². The number of aromatic nitrogens is 2. The van der Waals surface area contributed by atoms with Crippen LogP contribution in [0.4, 0.5) is 0 Å². The van der Waals surface area contributed by atoms with Crippen molar-refractivity contribution < 1.29 is 19.1 Å². The zero-order valence-corrected chi connectivity index (χ0v) is 23.4. The molecule has 0 fully saturated rings. The quantitative estimate of drug-likeness (QED) is 0.390. The zero-order chi connectivity index (χ0) is 28.1. The fourth-order valence-corrected chi connectivity index (χ4v) is 5.29. The molecule has 1 atom stereocenters. The van der Waals surface area contributed by atoms with Crippen molar-refractivity contribution in [2.75, 3.05) is 13.7 Å². The third-order valence-corrected chi connectivity index (χ3v) is 6.94. The molecule has 202 valence electrons. The van der Waals surface area contributed by atoms with Gasteiger partial charge in [-0.3, -0.25) is 0 Å². The van der Waals surface area contributed by atoms with Crippen LogP contribution in [0.1, 0.15) is 53.1 Å². The van der Waals surface area contributed by atoms with Gasteiger partial charge in [-0.15, -0.1) is 0 Å². The second kappa shape index (κ2) is 12.0. The maximum absolute atomic E-state index is 13.5. The molecule has 0 spiro atoms. The summed E-state index contributed by atoms with van der Waals surface area (Å²) in [5, 5.41) is 3.20. The van der Waals surface area contributed by atoms with E-state index in [-0.39, 0.29) is 6.61 Å². The molecular weight excluding hydrogens is 490 g/mol. The Kier molecular flexibility index (Phi) is 8.49. The number of esters is 2. The Morgan fingerprint density at radius 1 is 0.974 bits per heavy atom.